The maximum Gasteiger partial charge on any atom is 2.00 e. The van der Waals surface area contributed by atoms with E-state index in [-0.39, 0.29) is 50.0 Å². The Balaban J connectivity index is -0.000000138. The quantitative estimate of drug-likeness (QED) is 0.330. The maximum atomic E-state index is 10.4. The molecule has 8 nitrogen and oxygen atoms in total. The van der Waals surface area contributed by atoms with Crippen LogP contribution in [0.2, 0.25) is 0 Å². The van der Waals surface area contributed by atoms with Gasteiger partial charge in [0.15, 0.2) is 0 Å². The Bertz CT molecular complexity index is 413. The molecular weight excluding hydrogens is 423 g/mol. The third-order valence-corrected chi connectivity index (χ3v) is 3.07. The first-order valence-corrected chi connectivity index (χ1v) is 7.87. The van der Waals surface area contributed by atoms with E-state index in [0.717, 1.165) is 0 Å². The predicted octanol–water partition coefficient (Wildman–Crippen LogP) is -0.745. The van der Waals surface area contributed by atoms with E-state index in [1.807, 2.05) is 0 Å². The van der Waals surface area contributed by atoms with Crippen molar-refractivity contribution in [1.29, 1.82) is 0 Å². The fourth-order valence-electron chi connectivity index (χ4n) is 1.48. The van der Waals surface area contributed by atoms with E-state index in [4.69, 9.17) is 0 Å². The molecule has 146 valence electrons. The van der Waals surface area contributed by atoms with Crippen LogP contribution < -0.4 is 10.2 Å². The summed E-state index contributed by atoms with van der Waals surface area (Å²) in [6.07, 6.45) is 1.82. The minimum absolute atomic E-state index is 0. The average molecular weight is 450 g/mol. The Hall–Kier alpha value is -1.50. The number of hydrogen-bond donors (Lipinski definition) is 0. The van der Waals surface area contributed by atoms with Gasteiger partial charge >= 0.3 is 26.2 Å². The molecule has 2 unspecified atom stereocenters. The van der Waals surface area contributed by atoms with E-state index in [0.29, 0.717) is 25.5 Å². The minimum atomic E-state index is -1.27. The Morgan fingerprint density at radius 1 is 0.808 bits per heavy atom. The zero-order valence-corrected chi connectivity index (χ0v) is 18.3. The number of aldehydes is 1. The number of carboxylic acids is 2. The number of carbonyl (C=O) groups excluding carboxylic acids is 6. The molecule has 0 bridgehead atoms. The molecule has 0 aliphatic heterocycles. The Morgan fingerprint density at radius 2 is 1.12 bits per heavy atom. The molecule has 0 aromatic carbocycles. The molecule has 0 radical (unpaired) electrons. The molecule has 0 aliphatic carbocycles. The van der Waals surface area contributed by atoms with Gasteiger partial charge in [0.25, 0.3) is 0 Å². The van der Waals surface area contributed by atoms with Gasteiger partial charge in [0.05, 0.1) is 30.2 Å². The number of ketones is 3. The van der Waals surface area contributed by atoms with Crippen LogP contribution in [0.15, 0.2) is 0 Å². The van der Waals surface area contributed by atoms with Crippen LogP contribution in [0.3, 0.4) is 0 Å². The van der Waals surface area contributed by atoms with Gasteiger partial charge < -0.3 is 24.6 Å². The molecule has 0 rings (SSSR count). The van der Waals surface area contributed by atoms with Gasteiger partial charge in [-0.25, -0.2) is 0 Å². The van der Waals surface area contributed by atoms with E-state index in [1.54, 1.807) is 20.8 Å². The summed E-state index contributed by atoms with van der Waals surface area (Å²) in [4.78, 5) is 60.6. The largest absolute Gasteiger partial charge is 2.00 e. The molecule has 0 aliphatic rings. The summed E-state index contributed by atoms with van der Waals surface area (Å²) in [5.74, 6) is -5.03. The van der Waals surface area contributed by atoms with Gasteiger partial charge in [-0.05, 0) is 26.7 Å². The van der Waals surface area contributed by atoms with Crippen molar-refractivity contribution in [3.05, 3.63) is 0 Å². The van der Waals surface area contributed by atoms with Crippen LogP contribution in [0.4, 0.5) is 0 Å². The van der Waals surface area contributed by atoms with Crippen molar-refractivity contribution in [3.63, 3.8) is 0 Å². The first kappa shape index (κ1) is 32.2. The van der Waals surface area contributed by atoms with Gasteiger partial charge in [0.1, 0.15) is 23.6 Å². The van der Waals surface area contributed by atoms with Gasteiger partial charge in [0.2, 0.25) is 0 Å². The van der Waals surface area contributed by atoms with Crippen molar-refractivity contribution in [2.24, 2.45) is 11.8 Å². The average Bonchev–Trinajstić information content (AvgIpc) is 2.48. The van der Waals surface area contributed by atoms with Crippen molar-refractivity contribution >= 4 is 35.6 Å². The molecule has 0 saturated heterocycles. The van der Waals surface area contributed by atoms with Crippen LogP contribution in [-0.2, 0) is 55.0 Å². The zero-order chi connectivity index (χ0) is 20.6. The van der Waals surface area contributed by atoms with Crippen molar-refractivity contribution < 1.29 is 65.2 Å². The third kappa shape index (κ3) is 18.8. The molecule has 26 heavy (non-hydrogen) atoms. The predicted molar refractivity (Wildman–Crippen MR) is 84.9 cm³/mol. The minimum Gasteiger partial charge on any atom is -0.549 e. The van der Waals surface area contributed by atoms with Crippen LogP contribution in [0.1, 0.15) is 60.3 Å². The van der Waals surface area contributed by atoms with Crippen molar-refractivity contribution in [2.45, 2.75) is 60.3 Å². The molecule has 0 heterocycles. The molecule has 9 heteroatoms. The Labute approximate surface area is 172 Å². The molecule has 0 spiro atoms. The van der Waals surface area contributed by atoms with Gasteiger partial charge in [-0.3, -0.25) is 14.4 Å². The number of carboxylic acid groups (broad SMARTS) is 2. The number of rotatable bonds is 9. The topological polar surface area (TPSA) is 149 Å². The van der Waals surface area contributed by atoms with Gasteiger partial charge in [0, 0.05) is 6.42 Å². The summed E-state index contributed by atoms with van der Waals surface area (Å²) in [7, 11) is 0. The number of aliphatic carboxylic acids is 2. The van der Waals surface area contributed by atoms with Crippen LogP contribution >= 0.6 is 0 Å². The molecule has 0 amide bonds. The summed E-state index contributed by atoms with van der Waals surface area (Å²) in [6.45, 7) is 7.53. The fourth-order valence-corrected chi connectivity index (χ4v) is 1.48. The number of Topliss-reactive ketones (excluding diaryl/α,β-unsaturated/α-hetero) is 3. The van der Waals surface area contributed by atoms with E-state index in [9.17, 15) is 39.0 Å². The third-order valence-electron chi connectivity index (χ3n) is 3.07. The molecule has 0 N–H and O–H groups in total. The van der Waals surface area contributed by atoms with Crippen LogP contribution in [0.5, 0.6) is 0 Å². The fraction of sp³-hybridized carbons (Fsp3) is 0.647. The van der Waals surface area contributed by atoms with E-state index >= 15 is 0 Å². The van der Waals surface area contributed by atoms with E-state index < -0.39 is 23.8 Å². The van der Waals surface area contributed by atoms with Gasteiger partial charge in [-0.15, -0.1) is 0 Å². The molecule has 0 saturated carbocycles. The zero-order valence-electron chi connectivity index (χ0n) is 15.8. The summed E-state index contributed by atoms with van der Waals surface area (Å²) in [5, 5.41) is 20.1. The molecule has 0 aromatic rings. The van der Waals surface area contributed by atoms with Crippen LogP contribution in [0, 0.1) is 11.8 Å². The first-order valence-electron chi connectivity index (χ1n) is 7.87. The Kier molecular flexibility index (Phi) is 24.5. The van der Waals surface area contributed by atoms with Crippen LogP contribution in [-0.4, -0.2) is 35.6 Å². The molecule has 0 aromatic heterocycles. The van der Waals surface area contributed by atoms with Crippen molar-refractivity contribution in [1.82, 2.24) is 0 Å². The normalized spacial score (nSPS) is 11.0. The molecular formula is C17H26O8Zr. The number of hydrogen-bond acceptors (Lipinski definition) is 8. The smallest absolute Gasteiger partial charge is 0.549 e. The summed E-state index contributed by atoms with van der Waals surface area (Å²) >= 11 is 0. The maximum absolute atomic E-state index is 10.4. The van der Waals surface area contributed by atoms with E-state index in [1.165, 1.54) is 13.8 Å². The summed E-state index contributed by atoms with van der Waals surface area (Å²) in [6, 6.07) is 0. The van der Waals surface area contributed by atoms with Crippen molar-refractivity contribution in [2.75, 3.05) is 0 Å². The van der Waals surface area contributed by atoms with E-state index in [2.05, 4.69) is 0 Å². The van der Waals surface area contributed by atoms with Gasteiger partial charge in [-0.2, -0.15) is 0 Å². The second-order valence-electron chi connectivity index (χ2n) is 5.04. The summed E-state index contributed by atoms with van der Waals surface area (Å²) < 4.78 is 0. The number of carbonyl (C=O) groups is 6. The second kappa shape index (κ2) is 19.8. The van der Waals surface area contributed by atoms with Crippen molar-refractivity contribution in [3.8, 4) is 0 Å². The summed E-state index contributed by atoms with van der Waals surface area (Å²) in [5.41, 5.74) is 0. The molecule has 2 atom stereocenters. The monoisotopic (exact) mass is 448 g/mol. The second-order valence-corrected chi connectivity index (χ2v) is 5.04. The van der Waals surface area contributed by atoms with Gasteiger partial charge in [-0.1, -0.05) is 20.8 Å². The van der Waals surface area contributed by atoms with Crippen LogP contribution in [0.25, 0.3) is 0 Å². The molecule has 0 fully saturated rings. The Morgan fingerprint density at radius 3 is 1.15 bits per heavy atom. The first-order chi connectivity index (χ1) is 11.5. The standard InChI is InChI=1S/2C6H10O3.C5H8O2.Zr/c2*1-3-5(4(2)7)6(8)9;1-2-5(7)3-4-6;/h2*5H,3H2,1-2H3,(H,8,9);4H,2-3H2,1H3;/q;;;+2/p-2. The SMILES string of the molecule is CCC(=O)CC=O.CCC(C(C)=O)C(=O)[O-].CCC(C(C)=O)C(=O)[O-].[Zr+2].